The molecule has 0 unspecified atom stereocenters. The summed E-state index contributed by atoms with van der Waals surface area (Å²) in [6.07, 6.45) is 0.542. The Morgan fingerprint density at radius 1 is 1.46 bits per heavy atom. The number of esters is 1. The summed E-state index contributed by atoms with van der Waals surface area (Å²) in [6, 6.07) is 0. The molecule has 1 fully saturated rings. The third-order valence-corrected chi connectivity index (χ3v) is 2.24. The third kappa shape index (κ3) is 2.42. The molecule has 0 saturated heterocycles. The zero-order chi connectivity index (χ0) is 9.84. The molecule has 0 aliphatic heterocycles. The van der Waals surface area contributed by atoms with Gasteiger partial charge in [-0.3, -0.25) is 4.79 Å². The molecule has 0 radical (unpaired) electrons. The van der Waals surface area contributed by atoms with Gasteiger partial charge in [0.2, 0.25) is 0 Å². The molecule has 0 heterocycles. The minimum atomic E-state index is -0.269. The van der Waals surface area contributed by atoms with Crippen molar-refractivity contribution in [3.05, 3.63) is 0 Å². The molecule has 0 aromatic carbocycles. The van der Waals surface area contributed by atoms with Crippen LogP contribution < -0.4 is 0 Å². The smallest absolute Gasteiger partial charge is 0.309 e. The Morgan fingerprint density at radius 2 is 2.08 bits per heavy atom. The molecule has 76 valence electrons. The van der Waals surface area contributed by atoms with Crippen LogP contribution >= 0.6 is 0 Å². The summed E-state index contributed by atoms with van der Waals surface area (Å²) < 4.78 is 15.0. The average Bonchev–Trinajstić information content (AvgIpc) is 2.87. The fourth-order valence-electron chi connectivity index (χ4n) is 1.48. The highest BCUT2D eigenvalue weighted by Gasteiger charge is 2.49. The topological polar surface area (TPSA) is 44.8 Å². The Morgan fingerprint density at radius 3 is 2.54 bits per heavy atom. The van der Waals surface area contributed by atoms with Crippen LogP contribution in [0.2, 0.25) is 0 Å². The lowest BCUT2D eigenvalue weighted by Crippen LogP contribution is -2.19. The standard InChI is InChI=1S/C9H16O4/c1-4-13-8(10)6-5-7(6)9(11-2)12-3/h6-7,9H,4-5H2,1-3H3/t6-,7-/m0/s1. The number of methoxy groups -OCH3 is 2. The molecule has 0 N–H and O–H groups in total. The second-order valence-corrected chi connectivity index (χ2v) is 3.10. The van der Waals surface area contributed by atoms with Crippen molar-refractivity contribution in [1.82, 2.24) is 0 Å². The lowest BCUT2D eigenvalue weighted by Gasteiger charge is -2.12. The van der Waals surface area contributed by atoms with E-state index >= 15 is 0 Å². The fourth-order valence-corrected chi connectivity index (χ4v) is 1.48. The van der Waals surface area contributed by atoms with Gasteiger partial charge in [-0.05, 0) is 13.3 Å². The second-order valence-electron chi connectivity index (χ2n) is 3.10. The number of ether oxygens (including phenoxy) is 3. The summed E-state index contributed by atoms with van der Waals surface area (Å²) >= 11 is 0. The van der Waals surface area contributed by atoms with E-state index in [-0.39, 0.29) is 24.1 Å². The normalized spacial score (nSPS) is 26.2. The lowest BCUT2D eigenvalue weighted by atomic mass is 10.3. The van der Waals surface area contributed by atoms with Gasteiger partial charge in [-0.1, -0.05) is 0 Å². The molecule has 1 aliphatic rings. The van der Waals surface area contributed by atoms with E-state index in [0.717, 1.165) is 6.42 Å². The fraction of sp³-hybridized carbons (Fsp3) is 0.889. The van der Waals surface area contributed by atoms with Crippen LogP contribution in [0.3, 0.4) is 0 Å². The van der Waals surface area contributed by atoms with E-state index in [4.69, 9.17) is 14.2 Å². The van der Waals surface area contributed by atoms with Crippen molar-refractivity contribution in [2.75, 3.05) is 20.8 Å². The Hall–Kier alpha value is -0.610. The van der Waals surface area contributed by atoms with Crippen LogP contribution in [0, 0.1) is 11.8 Å². The van der Waals surface area contributed by atoms with Crippen molar-refractivity contribution in [1.29, 1.82) is 0 Å². The summed E-state index contributed by atoms with van der Waals surface area (Å²) in [6.45, 7) is 2.24. The first-order valence-electron chi connectivity index (χ1n) is 4.46. The first-order valence-corrected chi connectivity index (χ1v) is 4.46. The van der Waals surface area contributed by atoms with E-state index in [2.05, 4.69) is 0 Å². The summed E-state index contributed by atoms with van der Waals surface area (Å²) in [4.78, 5) is 11.2. The largest absolute Gasteiger partial charge is 0.466 e. The van der Waals surface area contributed by atoms with Crippen LogP contribution in [0.4, 0.5) is 0 Å². The second kappa shape index (κ2) is 4.58. The van der Waals surface area contributed by atoms with E-state index in [9.17, 15) is 4.79 Å². The van der Waals surface area contributed by atoms with Crippen LogP contribution in [0.5, 0.6) is 0 Å². The molecular formula is C9H16O4. The van der Waals surface area contributed by atoms with Gasteiger partial charge in [0.25, 0.3) is 0 Å². The van der Waals surface area contributed by atoms with Crippen LogP contribution in [0.1, 0.15) is 13.3 Å². The lowest BCUT2D eigenvalue weighted by molar-refractivity contribution is -0.150. The monoisotopic (exact) mass is 188 g/mol. The van der Waals surface area contributed by atoms with Gasteiger partial charge in [-0.15, -0.1) is 0 Å². The predicted molar refractivity (Wildman–Crippen MR) is 46.0 cm³/mol. The van der Waals surface area contributed by atoms with Gasteiger partial charge in [-0.25, -0.2) is 0 Å². The molecule has 0 spiro atoms. The van der Waals surface area contributed by atoms with Crippen molar-refractivity contribution in [3.63, 3.8) is 0 Å². The Bertz CT molecular complexity index is 176. The van der Waals surface area contributed by atoms with E-state index < -0.39 is 0 Å². The third-order valence-electron chi connectivity index (χ3n) is 2.24. The minimum Gasteiger partial charge on any atom is -0.466 e. The molecule has 1 aliphatic carbocycles. The quantitative estimate of drug-likeness (QED) is 0.473. The van der Waals surface area contributed by atoms with Gasteiger partial charge in [0.15, 0.2) is 6.29 Å². The van der Waals surface area contributed by atoms with Gasteiger partial charge < -0.3 is 14.2 Å². The van der Waals surface area contributed by atoms with Crippen molar-refractivity contribution >= 4 is 5.97 Å². The van der Waals surface area contributed by atoms with Gasteiger partial charge in [0, 0.05) is 20.1 Å². The molecular weight excluding hydrogens is 172 g/mol. The number of hydrogen-bond donors (Lipinski definition) is 0. The maximum atomic E-state index is 11.2. The zero-order valence-electron chi connectivity index (χ0n) is 8.28. The molecule has 0 amide bonds. The summed E-state index contributed by atoms with van der Waals surface area (Å²) in [7, 11) is 3.16. The number of carbonyl (C=O) groups excluding carboxylic acids is 1. The van der Waals surface area contributed by atoms with Crippen LogP contribution in [-0.4, -0.2) is 33.1 Å². The molecule has 0 aromatic rings. The first-order chi connectivity index (χ1) is 6.24. The summed E-state index contributed by atoms with van der Waals surface area (Å²) in [5.74, 6) is 0.0190. The number of hydrogen-bond acceptors (Lipinski definition) is 4. The Labute approximate surface area is 78.2 Å². The van der Waals surface area contributed by atoms with Crippen molar-refractivity contribution in [2.45, 2.75) is 19.6 Å². The van der Waals surface area contributed by atoms with E-state index in [1.807, 2.05) is 0 Å². The van der Waals surface area contributed by atoms with E-state index in [1.54, 1.807) is 21.1 Å². The molecule has 1 rings (SSSR count). The summed E-state index contributed by atoms with van der Waals surface area (Å²) in [5.41, 5.74) is 0. The Balaban J connectivity index is 2.32. The molecule has 0 aromatic heterocycles. The molecule has 4 nitrogen and oxygen atoms in total. The summed E-state index contributed by atoms with van der Waals surface area (Å²) in [5, 5.41) is 0. The van der Waals surface area contributed by atoms with Crippen LogP contribution in [0.25, 0.3) is 0 Å². The van der Waals surface area contributed by atoms with Crippen molar-refractivity contribution in [2.24, 2.45) is 11.8 Å². The molecule has 2 atom stereocenters. The average molecular weight is 188 g/mol. The van der Waals surface area contributed by atoms with Gasteiger partial charge in [0.1, 0.15) is 0 Å². The van der Waals surface area contributed by atoms with E-state index in [0.29, 0.717) is 6.61 Å². The molecule has 13 heavy (non-hydrogen) atoms. The highest BCUT2D eigenvalue weighted by Crippen LogP contribution is 2.43. The van der Waals surface area contributed by atoms with Gasteiger partial charge in [-0.2, -0.15) is 0 Å². The predicted octanol–water partition coefficient (Wildman–Crippen LogP) is 0.804. The molecule has 4 heteroatoms. The highest BCUT2D eigenvalue weighted by molar-refractivity contribution is 5.75. The molecule has 1 saturated carbocycles. The van der Waals surface area contributed by atoms with Crippen molar-refractivity contribution < 1.29 is 19.0 Å². The Kier molecular flexibility index (Phi) is 3.69. The molecule has 0 bridgehead atoms. The first kappa shape index (κ1) is 10.5. The van der Waals surface area contributed by atoms with Crippen LogP contribution in [0.15, 0.2) is 0 Å². The van der Waals surface area contributed by atoms with Crippen molar-refractivity contribution in [3.8, 4) is 0 Å². The maximum absolute atomic E-state index is 11.2. The van der Waals surface area contributed by atoms with Gasteiger partial charge >= 0.3 is 5.97 Å². The maximum Gasteiger partial charge on any atom is 0.309 e. The number of rotatable bonds is 5. The van der Waals surface area contributed by atoms with E-state index in [1.165, 1.54) is 0 Å². The number of carbonyl (C=O) groups is 1. The van der Waals surface area contributed by atoms with Gasteiger partial charge in [0.05, 0.1) is 12.5 Å². The minimum absolute atomic E-state index is 0.0233. The highest BCUT2D eigenvalue weighted by atomic mass is 16.7. The zero-order valence-corrected chi connectivity index (χ0v) is 8.28. The SMILES string of the molecule is CCOC(=O)[C@H]1C[C@@H]1C(OC)OC. The van der Waals surface area contributed by atoms with Crippen LogP contribution in [-0.2, 0) is 19.0 Å².